The SMILES string of the molecule is c1cc(-c2cccc(-c3cc(-c4ccncc4)nc(-c4ccncc4)c3)c2)cc(-c2cccc(-c3nnnc4c3sc3nc5ccccc5nc34)c2)c1.c1ccc(-n2c(-c3ccc(-c4cccc(-c5ccc(-c6cccc(-c7nc8cccnc8c8c7sc7ccccc78)c6)cc5)c4)cc3)nc3ccccc32)cc1. The van der Waals surface area contributed by atoms with Gasteiger partial charge >= 0.3 is 0 Å². The van der Waals surface area contributed by atoms with E-state index in [9.17, 15) is 0 Å². The van der Waals surface area contributed by atoms with Crippen molar-refractivity contribution < 1.29 is 0 Å². The van der Waals surface area contributed by atoms with Gasteiger partial charge in [0.15, 0.2) is 0 Å². The Morgan fingerprint density at radius 1 is 0.266 bits per heavy atom. The van der Waals surface area contributed by atoms with E-state index in [1.165, 1.54) is 42.4 Å². The predicted molar refractivity (Wildman–Crippen MR) is 446 cm³/mol. The Balaban J connectivity index is 0.000000143. The maximum atomic E-state index is 5.18. The number of rotatable bonds is 12. The first-order valence-corrected chi connectivity index (χ1v) is 37.5. The van der Waals surface area contributed by atoms with Crippen molar-refractivity contribution in [2.45, 2.75) is 0 Å². The van der Waals surface area contributed by atoms with Gasteiger partial charge in [-0.2, -0.15) is 0 Å². The Morgan fingerprint density at radius 3 is 1.36 bits per heavy atom. The molecule has 510 valence electrons. The van der Waals surface area contributed by atoms with Crippen LogP contribution in [0.15, 0.2) is 353 Å². The van der Waals surface area contributed by atoms with Crippen LogP contribution in [0.2, 0.25) is 0 Å². The Bertz CT molecular complexity index is 6990. The molecule has 10 aromatic heterocycles. The molecule has 0 bridgehead atoms. The molecule has 0 aliphatic heterocycles. The number of benzene rings is 11. The second kappa shape index (κ2) is 27.6. The molecule has 0 amide bonds. The molecule has 0 aliphatic carbocycles. The number of imidazole rings is 1. The molecule has 0 saturated carbocycles. The van der Waals surface area contributed by atoms with E-state index in [0.29, 0.717) is 0 Å². The van der Waals surface area contributed by atoms with Crippen LogP contribution in [-0.2, 0) is 0 Å². The molecule has 0 atom stereocenters. The van der Waals surface area contributed by atoms with E-state index >= 15 is 0 Å². The van der Waals surface area contributed by atoms with E-state index in [0.717, 1.165) is 160 Å². The summed E-state index contributed by atoms with van der Waals surface area (Å²) in [4.78, 5) is 39.0. The van der Waals surface area contributed by atoms with Crippen LogP contribution < -0.4 is 0 Å². The molecule has 0 N–H and O–H groups in total. The van der Waals surface area contributed by atoms with E-state index in [2.05, 4.69) is 285 Å². The number of hydrogen-bond acceptors (Lipinski definition) is 13. The lowest BCUT2D eigenvalue weighted by molar-refractivity contribution is 0.904. The van der Waals surface area contributed by atoms with Crippen LogP contribution >= 0.6 is 22.7 Å². The first kappa shape index (κ1) is 64.3. The lowest BCUT2D eigenvalue weighted by Crippen LogP contribution is -1.97. The number of hydrogen-bond donors (Lipinski definition) is 0. The zero-order valence-electron chi connectivity index (χ0n) is 58.2. The number of nitrogens with zero attached hydrogens (tertiary/aromatic N) is 12. The van der Waals surface area contributed by atoms with Gasteiger partial charge in [-0.1, -0.05) is 200 Å². The first-order chi connectivity index (χ1) is 54.0. The molecule has 14 heteroatoms. The second-order valence-electron chi connectivity index (χ2n) is 26.7. The molecule has 0 saturated heterocycles. The van der Waals surface area contributed by atoms with Gasteiger partial charge in [0.2, 0.25) is 0 Å². The van der Waals surface area contributed by atoms with Gasteiger partial charge in [0.1, 0.15) is 27.4 Å². The Hall–Kier alpha value is -14.3. The zero-order chi connectivity index (χ0) is 72.1. The molecule has 0 radical (unpaired) electrons. The third-order valence-corrected chi connectivity index (χ3v) is 22.2. The van der Waals surface area contributed by atoms with Gasteiger partial charge in [0.05, 0.1) is 59.6 Å². The number of para-hydroxylation sites is 5. The van der Waals surface area contributed by atoms with Crippen molar-refractivity contribution in [3.05, 3.63) is 353 Å². The molecule has 0 spiro atoms. The van der Waals surface area contributed by atoms with Crippen molar-refractivity contribution in [2.24, 2.45) is 0 Å². The second-order valence-corrected chi connectivity index (χ2v) is 28.7. The first-order valence-electron chi connectivity index (χ1n) is 35.8. The molecule has 21 aromatic rings. The quantitative estimate of drug-likeness (QED) is 0.115. The third-order valence-electron chi connectivity index (χ3n) is 20.0. The molecule has 0 fully saturated rings. The Morgan fingerprint density at radius 2 is 0.752 bits per heavy atom. The highest BCUT2D eigenvalue weighted by molar-refractivity contribution is 7.26. The summed E-state index contributed by atoms with van der Waals surface area (Å²) in [7, 11) is 0. The van der Waals surface area contributed by atoms with Gasteiger partial charge in [-0.25, -0.2) is 24.9 Å². The van der Waals surface area contributed by atoms with Crippen LogP contribution in [0.5, 0.6) is 0 Å². The van der Waals surface area contributed by atoms with E-state index < -0.39 is 0 Å². The molecule has 10 heterocycles. The smallest absolute Gasteiger partial charge is 0.145 e. The fourth-order valence-electron chi connectivity index (χ4n) is 14.6. The standard InChI is InChI=1S/C51H32N4S.C44H26N8S/c1-2-15-41(16-3-1)55-45-20-6-5-18-43(45)54-51(55)36-28-26-35(27-29-36)38-12-8-11-37(31-38)33-22-24-34(25-23-33)39-13-9-14-40(32-39)48-50-47(42-17-4-7-21-46(42)56-50)49-44(53-48)19-10-30-52-49;1-2-13-37-36(12-1)48-42-41-43(53-44(42)49-37)40(50-52-51-41)34-11-5-9-32(24-34)30-7-3-6-29(22-30)31-8-4-10-33(23-31)35-25-38(27-14-18-45-19-15-27)47-39(26-35)28-16-20-46-21-17-28/h1-32H;1-26H. The third kappa shape index (κ3) is 12.2. The monoisotopic (exact) mass is 1430 g/mol. The van der Waals surface area contributed by atoms with Crippen LogP contribution in [0.1, 0.15) is 0 Å². The summed E-state index contributed by atoms with van der Waals surface area (Å²) < 4.78 is 5.58. The summed E-state index contributed by atoms with van der Waals surface area (Å²) in [5, 5.41) is 15.5. The molecule has 0 aliphatic rings. The fourth-order valence-corrected chi connectivity index (χ4v) is 16.9. The van der Waals surface area contributed by atoms with E-state index in [1.807, 2.05) is 72.9 Å². The van der Waals surface area contributed by atoms with Crippen LogP contribution in [0.3, 0.4) is 0 Å². The highest BCUT2D eigenvalue weighted by Gasteiger charge is 2.22. The van der Waals surface area contributed by atoms with Crippen molar-refractivity contribution in [3.63, 3.8) is 0 Å². The Labute approximate surface area is 633 Å². The van der Waals surface area contributed by atoms with Gasteiger partial charge < -0.3 is 0 Å². The summed E-state index contributed by atoms with van der Waals surface area (Å²) in [6.45, 7) is 0. The summed E-state index contributed by atoms with van der Waals surface area (Å²) in [6, 6.07) is 112. The van der Waals surface area contributed by atoms with Crippen molar-refractivity contribution in [1.82, 2.24) is 59.8 Å². The minimum absolute atomic E-state index is 0.718. The summed E-state index contributed by atoms with van der Waals surface area (Å²) in [5.74, 6) is 0.933. The lowest BCUT2D eigenvalue weighted by Gasteiger charge is -2.12. The van der Waals surface area contributed by atoms with Crippen LogP contribution in [-0.4, -0.2) is 59.8 Å². The maximum absolute atomic E-state index is 5.18. The molecular formula is C95H58N12S2. The van der Waals surface area contributed by atoms with Crippen molar-refractivity contribution in [2.75, 3.05) is 0 Å². The van der Waals surface area contributed by atoms with E-state index in [4.69, 9.17) is 29.9 Å². The highest BCUT2D eigenvalue weighted by atomic mass is 32.1. The summed E-state index contributed by atoms with van der Waals surface area (Å²) in [5.41, 5.74) is 30.5. The maximum Gasteiger partial charge on any atom is 0.145 e. The van der Waals surface area contributed by atoms with Crippen molar-refractivity contribution in [1.29, 1.82) is 0 Å². The van der Waals surface area contributed by atoms with Crippen LogP contribution in [0, 0.1) is 0 Å². The van der Waals surface area contributed by atoms with Crippen LogP contribution in [0.25, 0.3) is 203 Å². The van der Waals surface area contributed by atoms with Gasteiger partial charge in [-0.15, -0.1) is 32.9 Å². The van der Waals surface area contributed by atoms with Gasteiger partial charge in [-0.05, 0) is 193 Å². The van der Waals surface area contributed by atoms with Gasteiger partial charge in [0, 0.05) is 80.0 Å². The summed E-state index contributed by atoms with van der Waals surface area (Å²) in [6.07, 6.45) is 9.05. The predicted octanol–water partition coefficient (Wildman–Crippen LogP) is 24.0. The molecule has 12 nitrogen and oxygen atoms in total. The molecule has 0 unspecified atom stereocenters. The minimum Gasteiger partial charge on any atom is -0.292 e. The van der Waals surface area contributed by atoms with Crippen LogP contribution in [0.4, 0.5) is 0 Å². The van der Waals surface area contributed by atoms with Gasteiger partial charge in [0.25, 0.3) is 0 Å². The lowest BCUT2D eigenvalue weighted by atomic mass is 9.94. The minimum atomic E-state index is 0.718. The van der Waals surface area contributed by atoms with Gasteiger partial charge in [-0.3, -0.25) is 19.5 Å². The number of aromatic nitrogens is 12. The van der Waals surface area contributed by atoms with E-state index in [1.54, 1.807) is 47.5 Å². The number of thiophene rings is 2. The molecule has 109 heavy (non-hydrogen) atoms. The van der Waals surface area contributed by atoms with E-state index in [-0.39, 0.29) is 0 Å². The van der Waals surface area contributed by atoms with Crippen molar-refractivity contribution in [3.8, 4) is 129 Å². The number of pyridine rings is 5. The zero-order valence-corrected chi connectivity index (χ0v) is 59.8. The molecular weight excluding hydrogens is 1370 g/mol. The fraction of sp³-hybridized carbons (Fsp3) is 0. The average molecular weight is 1430 g/mol. The number of fused-ring (bicyclic) bond motifs is 10. The topological polar surface area (TPSA) is 147 Å². The summed E-state index contributed by atoms with van der Waals surface area (Å²) >= 11 is 3.34. The highest BCUT2D eigenvalue weighted by Crippen LogP contribution is 2.44. The largest absolute Gasteiger partial charge is 0.292 e. The average Bonchev–Trinajstić information content (AvgIpc) is 1.61. The molecule has 11 aromatic carbocycles. The van der Waals surface area contributed by atoms with Crippen molar-refractivity contribution >= 4 is 96.5 Å². The molecule has 21 rings (SSSR count). The Kier molecular flexibility index (Phi) is 16.3. The normalized spacial score (nSPS) is 11.5.